The molecule has 1 unspecified atom stereocenters. The Morgan fingerprint density at radius 2 is 1.61 bits per heavy atom. The van der Waals surface area contributed by atoms with Gasteiger partial charge in [0.25, 0.3) is 0 Å². The second-order valence-corrected chi connectivity index (χ2v) is 4.25. The van der Waals surface area contributed by atoms with Crippen molar-refractivity contribution in [1.29, 1.82) is 0 Å². The molecule has 4 nitrogen and oxygen atoms in total. The lowest BCUT2D eigenvalue weighted by Gasteiger charge is -2.05. The highest BCUT2D eigenvalue weighted by Crippen LogP contribution is 2.05. The fraction of sp³-hybridized carbons (Fsp3) is 0.857. The zero-order chi connectivity index (χ0) is 14.4. The van der Waals surface area contributed by atoms with E-state index in [1.165, 1.54) is 14.2 Å². The molecule has 0 radical (unpaired) electrons. The number of methoxy groups -OCH3 is 2. The maximum absolute atomic E-state index is 10.7. The lowest BCUT2D eigenvalue weighted by Crippen LogP contribution is -2.11. The summed E-state index contributed by atoms with van der Waals surface area (Å²) in [5, 5.41) is 0. The van der Waals surface area contributed by atoms with Gasteiger partial charge in [0.15, 0.2) is 0 Å². The molecule has 18 heavy (non-hydrogen) atoms. The van der Waals surface area contributed by atoms with Crippen LogP contribution in [-0.2, 0) is 19.1 Å². The van der Waals surface area contributed by atoms with Crippen LogP contribution in [-0.4, -0.2) is 26.2 Å². The molecule has 0 aliphatic heterocycles. The molecule has 0 aliphatic rings. The molecule has 0 aromatic heterocycles. The second-order valence-electron chi connectivity index (χ2n) is 4.25. The zero-order valence-electron chi connectivity index (χ0n) is 12.5. The Labute approximate surface area is 111 Å². The highest BCUT2D eigenvalue weighted by molar-refractivity contribution is 5.71. The topological polar surface area (TPSA) is 52.6 Å². The SMILES string of the molecule is CCCC(C)C(=O)OC.CCCCCC(=O)OC. The smallest absolute Gasteiger partial charge is 0.308 e. The summed E-state index contributed by atoms with van der Waals surface area (Å²) in [5.74, 6) is -0.125. The van der Waals surface area contributed by atoms with Crippen LogP contribution in [0.2, 0.25) is 0 Å². The monoisotopic (exact) mass is 260 g/mol. The van der Waals surface area contributed by atoms with Gasteiger partial charge >= 0.3 is 11.9 Å². The molecule has 0 heterocycles. The molecule has 0 aromatic rings. The number of rotatable bonds is 7. The summed E-state index contributed by atoms with van der Waals surface area (Å²) < 4.78 is 8.98. The Hall–Kier alpha value is -1.06. The Balaban J connectivity index is 0. The van der Waals surface area contributed by atoms with E-state index in [1.54, 1.807) is 0 Å². The molecule has 0 fully saturated rings. The van der Waals surface area contributed by atoms with Gasteiger partial charge in [0.05, 0.1) is 20.1 Å². The molecule has 0 saturated heterocycles. The summed E-state index contributed by atoms with van der Waals surface area (Å²) in [6, 6.07) is 0. The predicted octanol–water partition coefficient (Wildman–Crippen LogP) is 3.34. The molecular weight excluding hydrogens is 232 g/mol. The average molecular weight is 260 g/mol. The maximum atomic E-state index is 10.7. The summed E-state index contributed by atoms with van der Waals surface area (Å²) in [6.45, 7) is 6.05. The Morgan fingerprint density at radius 1 is 1.00 bits per heavy atom. The van der Waals surface area contributed by atoms with Crippen LogP contribution < -0.4 is 0 Å². The van der Waals surface area contributed by atoms with Crippen molar-refractivity contribution in [3.8, 4) is 0 Å². The minimum atomic E-state index is -0.100. The van der Waals surface area contributed by atoms with Gasteiger partial charge in [0, 0.05) is 6.42 Å². The third-order valence-corrected chi connectivity index (χ3v) is 2.54. The van der Waals surface area contributed by atoms with Gasteiger partial charge in [-0.2, -0.15) is 0 Å². The first-order valence-electron chi connectivity index (χ1n) is 6.68. The van der Waals surface area contributed by atoms with Crippen LogP contribution >= 0.6 is 0 Å². The van der Waals surface area contributed by atoms with E-state index in [9.17, 15) is 9.59 Å². The largest absolute Gasteiger partial charge is 0.469 e. The van der Waals surface area contributed by atoms with Gasteiger partial charge in [-0.15, -0.1) is 0 Å². The quantitative estimate of drug-likeness (QED) is 0.520. The first-order valence-corrected chi connectivity index (χ1v) is 6.68. The molecule has 0 N–H and O–H groups in total. The average Bonchev–Trinajstić information content (AvgIpc) is 2.38. The van der Waals surface area contributed by atoms with Crippen LogP contribution in [0.15, 0.2) is 0 Å². The lowest BCUT2D eigenvalue weighted by molar-refractivity contribution is -0.145. The van der Waals surface area contributed by atoms with Gasteiger partial charge in [-0.05, 0) is 12.8 Å². The third kappa shape index (κ3) is 13.0. The molecule has 108 valence electrons. The van der Waals surface area contributed by atoms with Crippen LogP contribution in [0.5, 0.6) is 0 Å². The molecular formula is C14H28O4. The summed E-state index contributed by atoms with van der Waals surface area (Å²) in [6.07, 6.45) is 5.77. The summed E-state index contributed by atoms with van der Waals surface area (Å²) in [4.78, 5) is 21.1. The molecule has 0 spiro atoms. The summed E-state index contributed by atoms with van der Waals surface area (Å²) >= 11 is 0. The van der Waals surface area contributed by atoms with Crippen molar-refractivity contribution in [3.63, 3.8) is 0 Å². The first kappa shape index (κ1) is 19.3. The predicted molar refractivity (Wildman–Crippen MR) is 72.2 cm³/mol. The third-order valence-electron chi connectivity index (χ3n) is 2.54. The fourth-order valence-corrected chi connectivity index (χ4v) is 1.37. The highest BCUT2D eigenvalue weighted by atomic mass is 16.5. The van der Waals surface area contributed by atoms with Crippen LogP contribution in [0, 0.1) is 5.92 Å². The van der Waals surface area contributed by atoms with Crippen molar-refractivity contribution in [2.24, 2.45) is 5.92 Å². The van der Waals surface area contributed by atoms with Crippen molar-refractivity contribution in [2.75, 3.05) is 14.2 Å². The van der Waals surface area contributed by atoms with E-state index in [4.69, 9.17) is 0 Å². The number of hydrogen-bond acceptors (Lipinski definition) is 4. The first-order chi connectivity index (χ1) is 8.53. The lowest BCUT2D eigenvalue weighted by atomic mass is 10.1. The molecule has 0 aliphatic carbocycles. The standard InChI is InChI=1S/2C7H14O2/c1-4-5-6(2)7(8)9-3;1-3-4-5-6-7(8)9-2/h6H,4-5H2,1-3H3;3-6H2,1-2H3. The van der Waals surface area contributed by atoms with Gasteiger partial charge in [0.2, 0.25) is 0 Å². The molecule has 0 aromatic carbocycles. The molecule has 0 saturated carbocycles. The van der Waals surface area contributed by atoms with Crippen molar-refractivity contribution in [3.05, 3.63) is 0 Å². The van der Waals surface area contributed by atoms with E-state index >= 15 is 0 Å². The van der Waals surface area contributed by atoms with E-state index in [-0.39, 0.29) is 17.9 Å². The molecule has 0 amide bonds. The zero-order valence-corrected chi connectivity index (χ0v) is 12.5. The second kappa shape index (κ2) is 14.0. The Morgan fingerprint density at radius 3 is 2.00 bits per heavy atom. The van der Waals surface area contributed by atoms with Crippen molar-refractivity contribution < 1.29 is 19.1 Å². The van der Waals surface area contributed by atoms with E-state index in [0.29, 0.717) is 6.42 Å². The van der Waals surface area contributed by atoms with E-state index in [0.717, 1.165) is 32.1 Å². The summed E-state index contributed by atoms with van der Waals surface area (Å²) in [7, 11) is 2.85. The number of ether oxygens (including phenoxy) is 2. The van der Waals surface area contributed by atoms with Gasteiger partial charge in [-0.1, -0.05) is 40.0 Å². The number of hydrogen-bond donors (Lipinski definition) is 0. The Bertz CT molecular complexity index is 214. The number of carbonyl (C=O) groups excluding carboxylic acids is 2. The van der Waals surface area contributed by atoms with Crippen LogP contribution in [0.4, 0.5) is 0 Å². The van der Waals surface area contributed by atoms with Crippen LogP contribution in [0.1, 0.15) is 59.3 Å². The number of esters is 2. The molecule has 0 bridgehead atoms. The highest BCUT2D eigenvalue weighted by Gasteiger charge is 2.10. The van der Waals surface area contributed by atoms with Crippen molar-refractivity contribution >= 4 is 11.9 Å². The normalized spacial score (nSPS) is 10.9. The molecule has 0 rings (SSSR count). The Kier molecular flexibility index (Phi) is 15.0. The maximum Gasteiger partial charge on any atom is 0.308 e. The number of carbonyl (C=O) groups is 2. The minimum Gasteiger partial charge on any atom is -0.469 e. The van der Waals surface area contributed by atoms with Crippen LogP contribution in [0.3, 0.4) is 0 Å². The summed E-state index contributed by atoms with van der Waals surface area (Å²) in [5.41, 5.74) is 0. The minimum absolute atomic E-state index is 0.0694. The van der Waals surface area contributed by atoms with Gasteiger partial charge in [0.1, 0.15) is 0 Å². The van der Waals surface area contributed by atoms with Crippen molar-refractivity contribution in [1.82, 2.24) is 0 Å². The van der Waals surface area contributed by atoms with E-state index in [2.05, 4.69) is 23.3 Å². The molecule has 4 heteroatoms. The van der Waals surface area contributed by atoms with Crippen molar-refractivity contribution in [2.45, 2.75) is 59.3 Å². The van der Waals surface area contributed by atoms with Gasteiger partial charge in [-0.3, -0.25) is 9.59 Å². The number of unbranched alkanes of at least 4 members (excludes halogenated alkanes) is 2. The fourth-order valence-electron chi connectivity index (χ4n) is 1.37. The van der Waals surface area contributed by atoms with Gasteiger partial charge < -0.3 is 9.47 Å². The van der Waals surface area contributed by atoms with Gasteiger partial charge in [-0.25, -0.2) is 0 Å². The van der Waals surface area contributed by atoms with Crippen LogP contribution in [0.25, 0.3) is 0 Å². The molecule has 1 atom stereocenters. The van der Waals surface area contributed by atoms with E-state index in [1.807, 2.05) is 6.92 Å². The van der Waals surface area contributed by atoms with E-state index < -0.39 is 0 Å².